The van der Waals surface area contributed by atoms with E-state index in [1.54, 1.807) is 18.2 Å². The summed E-state index contributed by atoms with van der Waals surface area (Å²) in [4.78, 5) is 2.13. The highest BCUT2D eigenvalue weighted by atomic mass is 19.1. The van der Waals surface area contributed by atoms with E-state index in [2.05, 4.69) is 4.90 Å². The molecule has 2 unspecified atom stereocenters. The van der Waals surface area contributed by atoms with Crippen molar-refractivity contribution in [2.45, 2.75) is 32.0 Å². The zero-order valence-corrected chi connectivity index (χ0v) is 11.3. The van der Waals surface area contributed by atoms with Crippen LogP contribution in [-0.2, 0) is 0 Å². The lowest BCUT2D eigenvalue weighted by Crippen LogP contribution is -2.39. The predicted octanol–water partition coefficient (Wildman–Crippen LogP) is 1.95. The highest BCUT2D eigenvalue weighted by Gasteiger charge is 2.24. The normalized spacial score (nSPS) is 21.3. The average Bonchev–Trinajstić information content (AvgIpc) is 2.39. The Balaban J connectivity index is 1.87. The van der Waals surface area contributed by atoms with Gasteiger partial charge in [-0.2, -0.15) is 0 Å². The quantitative estimate of drug-likeness (QED) is 0.876. The van der Waals surface area contributed by atoms with Crippen molar-refractivity contribution in [1.82, 2.24) is 4.90 Å². The minimum Gasteiger partial charge on any atom is -0.393 e. The molecule has 0 aliphatic carbocycles. The molecule has 0 amide bonds. The van der Waals surface area contributed by atoms with E-state index in [1.165, 1.54) is 6.07 Å². The minimum absolute atomic E-state index is 0.265. The molecule has 1 fully saturated rings. The number of nitrogens with zero attached hydrogens (tertiary/aromatic N) is 1. The summed E-state index contributed by atoms with van der Waals surface area (Å²) in [5, 5.41) is 19.6. The van der Waals surface area contributed by atoms with Gasteiger partial charge in [0.15, 0.2) is 0 Å². The molecular formula is C15H22FNO2. The van der Waals surface area contributed by atoms with Crippen molar-refractivity contribution in [2.75, 3.05) is 19.6 Å². The first-order valence-electron chi connectivity index (χ1n) is 6.91. The van der Waals surface area contributed by atoms with Crippen LogP contribution in [-0.4, -0.2) is 40.9 Å². The lowest BCUT2D eigenvalue weighted by molar-refractivity contribution is 0.0477. The monoisotopic (exact) mass is 267 g/mol. The van der Waals surface area contributed by atoms with Gasteiger partial charge in [0.1, 0.15) is 5.82 Å². The molecule has 1 heterocycles. The van der Waals surface area contributed by atoms with Crippen LogP contribution in [0, 0.1) is 11.7 Å². The van der Waals surface area contributed by atoms with Crippen molar-refractivity contribution < 1.29 is 14.6 Å². The number of aliphatic hydroxyl groups excluding tert-OH is 2. The fourth-order valence-electron chi connectivity index (χ4n) is 2.71. The van der Waals surface area contributed by atoms with Crippen molar-refractivity contribution in [1.29, 1.82) is 0 Å². The summed E-state index contributed by atoms with van der Waals surface area (Å²) in [6.07, 6.45) is 0.812. The third kappa shape index (κ3) is 3.75. The third-order valence-corrected chi connectivity index (χ3v) is 4.01. The van der Waals surface area contributed by atoms with Crippen molar-refractivity contribution in [3.05, 3.63) is 35.6 Å². The zero-order chi connectivity index (χ0) is 13.8. The molecule has 0 bridgehead atoms. The highest BCUT2D eigenvalue weighted by molar-refractivity contribution is 5.20. The Kier molecular flexibility index (Phi) is 4.91. The molecule has 4 heteroatoms. The third-order valence-electron chi connectivity index (χ3n) is 4.01. The Labute approximate surface area is 113 Å². The highest BCUT2D eigenvalue weighted by Crippen LogP contribution is 2.23. The standard InChI is InChI=1S/C15H22FNO2/c1-11(18)12-6-8-17(9-7-12)10-15(19)13-4-2-3-5-14(13)16/h2-5,11-12,15,18-19H,6-10H2,1H3. The van der Waals surface area contributed by atoms with E-state index in [4.69, 9.17) is 0 Å². The van der Waals surface area contributed by atoms with Crippen LogP contribution < -0.4 is 0 Å². The van der Waals surface area contributed by atoms with Crippen molar-refractivity contribution in [3.8, 4) is 0 Å². The van der Waals surface area contributed by atoms with E-state index in [0.717, 1.165) is 25.9 Å². The molecule has 0 aromatic heterocycles. The van der Waals surface area contributed by atoms with Crippen LogP contribution in [0.3, 0.4) is 0 Å². The van der Waals surface area contributed by atoms with Crippen LogP contribution in [0.1, 0.15) is 31.4 Å². The lowest BCUT2D eigenvalue weighted by atomic mass is 9.92. The Morgan fingerprint density at radius 1 is 1.26 bits per heavy atom. The molecule has 0 radical (unpaired) electrons. The van der Waals surface area contributed by atoms with Gasteiger partial charge in [-0.15, -0.1) is 0 Å². The maximum atomic E-state index is 13.6. The molecule has 3 nitrogen and oxygen atoms in total. The van der Waals surface area contributed by atoms with Crippen LogP contribution in [0.2, 0.25) is 0 Å². The van der Waals surface area contributed by atoms with Crippen LogP contribution in [0.25, 0.3) is 0 Å². The minimum atomic E-state index is -0.788. The van der Waals surface area contributed by atoms with Crippen LogP contribution in [0.15, 0.2) is 24.3 Å². The molecule has 2 N–H and O–H groups in total. The van der Waals surface area contributed by atoms with Gasteiger partial charge in [0.25, 0.3) is 0 Å². The molecule has 1 saturated heterocycles. The van der Waals surface area contributed by atoms with Crippen LogP contribution in [0.4, 0.5) is 4.39 Å². The van der Waals surface area contributed by atoms with E-state index in [0.29, 0.717) is 18.0 Å². The Bertz CT molecular complexity index is 403. The van der Waals surface area contributed by atoms with Gasteiger partial charge < -0.3 is 15.1 Å². The van der Waals surface area contributed by atoms with Crippen LogP contribution in [0.5, 0.6) is 0 Å². The Hall–Kier alpha value is -0.970. The first-order chi connectivity index (χ1) is 9.08. The van der Waals surface area contributed by atoms with Crippen molar-refractivity contribution in [2.24, 2.45) is 5.92 Å². The van der Waals surface area contributed by atoms with E-state index in [9.17, 15) is 14.6 Å². The summed E-state index contributed by atoms with van der Waals surface area (Å²) < 4.78 is 13.6. The topological polar surface area (TPSA) is 43.7 Å². The number of aliphatic hydroxyl groups is 2. The number of hydrogen-bond donors (Lipinski definition) is 2. The average molecular weight is 267 g/mol. The molecule has 106 valence electrons. The molecule has 2 rings (SSSR count). The number of piperidine rings is 1. The first-order valence-corrected chi connectivity index (χ1v) is 6.91. The predicted molar refractivity (Wildman–Crippen MR) is 72.2 cm³/mol. The van der Waals surface area contributed by atoms with Gasteiger partial charge >= 0.3 is 0 Å². The lowest BCUT2D eigenvalue weighted by Gasteiger charge is -2.34. The molecule has 1 aromatic rings. The van der Waals surface area contributed by atoms with Gasteiger partial charge in [-0.3, -0.25) is 0 Å². The first kappa shape index (κ1) is 14.4. The Morgan fingerprint density at radius 2 is 1.89 bits per heavy atom. The maximum absolute atomic E-state index is 13.6. The molecule has 1 aromatic carbocycles. The molecule has 2 atom stereocenters. The number of rotatable bonds is 4. The maximum Gasteiger partial charge on any atom is 0.129 e. The largest absolute Gasteiger partial charge is 0.393 e. The number of benzene rings is 1. The smallest absolute Gasteiger partial charge is 0.129 e. The number of halogens is 1. The molecule has 0 spiro atoms. The summed E-state index contributed by atoms with van der Waals surface area (Å²) >= 11 is 0. The molecule has 1 aliphatic heterocycles. The molecule has 19 heavy (non-hydrogen) atoms. The molecular weight excluding hydrogens is 245 g/mol. The SMILES string of the molecule is CC(O)C1CCN(CC(O)c2ccccc2F)CC1. The number of hydrogen-bond acceptors (Lipinski definition) is 3. The van der Waals surface area contributed by atoms with Gasteiger partial charge in [-0.25, -0.2) is 4.39 Å². The second-order valence-electron chi connectivity index (χ2n) is 5.42. The van der Waals surface area contributed by atoms with E-state index >= 15 is 0 Å². The molecule has 1 aliphatic rings. The fraction of sp³-hybridized carbons (Fsp3) is 0.600. The van der Waals surface area contributed by atoms with Crippen molar-refractivity contribution >= 4 is 0 Å². The van der Waals surface area contributed by atoms with E-state index in [1.807, 2.05) is 6.92 Å². The number of β-amino-alcohol motifs (C(OH)–C–C–N with tert-alkyl or cyclic N) is 1. The summed E-state index contributed by atoms with van der Waals surface area (Å²) in [5.74, 6) is -0.00396. The van der Waals surface area contributed by atoms with Gasteiger partial charge in [-0.1, -0.05) is 18.2 Å². The van der Waals surface area contributed by atoms with Gasteiger partial charge in [0, 0.05) is 12.1 Å². The summed E-state index contributed by atoms with van der Waals surface area (Å²) in [7, 11) is 0. The van der Waals surface area contributed by atoms with E-state index < -0.39 is 6.10 Å². The second kappa shape index (κ2) is 6.46. The summed E-state index contributed by atoms with van der Waals surface area (Å²) in [5.41, 5.74) is 0.361. The summed E-state index contributed by atoms with van der Waals surface area (Å²) in [6.45, 7) is 3.98. The van der Waals surface area contributed by atoms with Crippen molar-refractivity contribution in [3.63, 3.8) is 0 Å². The summed E-state index contributed by atoms with van der Waals surface area (Å²) in [6, 6.07) is 6.36. The number of likely N-dealkylation sites (tertiary alicyclic amines) is 1. The van der Waals surface area contributed by atoms with Crippen LogP contribution >= 0.6 is 0 Å². The van der Waals surface area contributed by atoms with Gasteiger partial charge in [0.2, 0.25) is 0 Å². The Morgan fingerprint density at radius 3 is 2.47 bits per heavy atom. The zero-order valence-electron chi connectivity index (χ0n) is 11.3. The van der Waals surface area contributed by atoms with E-state index in [-0.39, 0.29) is 11.9 Å². The fourth-order valence-corrected chi connectivity index (χ4v) is 2.71. The second-order valence-corrected chi connectivity index (χ2v) is 5.42. The van der Waals surface area contributed by atoms with Gasteiger partial charge in [0.05, 0.1) is 12.2 Å². The van der Waals surface area contributed by atoms with Gasteiger partial charge in [-0.05, 0) is 44.8 Å². The molecule has 0 saturated carbocycles.